The van der Waals surface area contributed by atoms with Crippen LogP contribution in [0.2, 0.25) is 0 Å². The zero-order chi connectivity index (χ0) is 110. The van der Waals surface area contributed by atoms with Crippen LogP contribution in [0, 0.1) is 11.8 Å². The molecule has 61 nitrogen and oxygen atoms in total. The number of carbonyl (C=O) groups is 19. The number of nitrogens with one attached hydrogen (secondary N) is 24. The molecule has 7 aromatic heterocycles. The molecule has 1 saturated heterocycles. The number of thioether (sulfide) groups is 1. The topological polar surface area (TPSA) is 945 Å². The van der Waals surface area contributed by atoms with Crippen molar-refractivity contribution in [3.05, 3.63) is 128 Å². The molecule has 8 rings (SSSR count). The number of carboxylic acid groups (broad SMARTS) is 1. The molecule has 150 heavy (non-hydrogen) atoms. The van der Waals surface area contributed by atoms with E-state index >= 15 is 9.59 Å². The molecule has 8 heterocycles. The number of aromatic amines is 7. The van der Waals surface area contributed by atoms with Crippen molar-refractivity contribution in [2.75, 3.05) is 71.2 Å². The van der Waals surface area contributed by atoms with Crippen molar-refractivity contribution < 1.29 is 122 Å². The maximum Gasteiger partial charge on any atom is 0.326 e. The number of aliphatic imine (C=N–C) groups is 1. The Morgan fingerprint density at radius 1 is 0.380 bits per heavy atom. The van der Waals surface area contributed by atoms with E-state index in [1.54, 1.807) is 34.0 Å². The molecule has 62 heteroatoms. The Hall–Kier alpha value is -16.2. The van der Waals surface area contributed by atoms with Crippen LogP contribution in [0.15, 0.2) is 92.7 Å². The molecule has 0 radical (unpaired) electrons. The number of hydrogen-bond acceptors (Lipinski definition) is 34. The number of likely N-dealkylation sites (tertiary alicyclic amines) is 1. The van der Waals surface area contributed by atoms with E-state index in [9.17, 15) is 112 Å². The number of rotatable bonds is 65. The van der Waals surface area contributed by atoms with Crippen molar-refractivity contribution in [2.24, 2.45) is 34.0 Å². The first-order valence-electron chi connectivity index (χ1n) is 47.5. The predicted molar refractivity (Wildman–Crippen MR) is 524 cm³/mol. The van der Waals surface area contributed by atoms with E-state index in [0.29, 0.717) is 5.75 Å². The second kappa shape index (κ2) is 60.8. The zero-order valence-corrected chi connectivity index (χ0v) is 83.2. The molecule has 1 fully saturated rings. The molecule has 1 aliphatic rings. The highest BCUT2D eigenvalue weighted by Crippen LogP contribution is 2.23. The van der Waals surface area contributed by atoms with Crippen LogP contribution < -0.4 is 108 Å². The fraction of sp³-hybridized carbons (Fsp3) is 0.534. The van der Waals surface area contributed by atoms with Crippen LogP contribution >= 0.6 is 11.8 Å². The van der Waals surface area contributed by atoms with Gasteiger partial charge in [0.1, 0.15) is 103 Å². The van der Waals surface area contributed by atoms with Crippen LogP contribution in [0.4, 0.5) is 0 Å². The van der Waals surface area contributed by atoms with Gasteiger partial charge in [-0.15, -0.1) is 0 Å². The van der Waals surface area contributed by atoms with E-state index in [0.717, 1.165) is 0 Å². The van der Waals surface area contributed by atoms with Crippen LogP contribution in [0.1, 0.15) is 106 Å². The number of aliphatic carboxylic acids is 1. The Bertz CT molecular complexity index is 5580. The number of carbonyl (C=O) groups excluding carboxylic acids is 18. The molecule has 0 saturated carbocycles. The highest BCUT2D eigenvalue weighted by Gasteiger charge is 2.44. The van der Waals surface area contributed by atoms with E-state index in [2.05, 4.69) is 165 Å². The number of hydrogen-bond donors (Lipinski definition) is 33. The lowest BCUT2D eigenvalue weighted by Crippen LogP contribution is -2.62. The number of nitrogens with two attached hydrogens (primary N) is 3. The van der Waals surface area contributed by atoms with Crippen LogP contribution in [-0.2, 0) is 136 Å². The lowest BCUT2D eigenvalue weighted by molar-refractivity contribution is -0.143. The third-order valence-electron chi connectivity index (χ3n) is 23.1. The van der Waals surface area contributed by atoms with Gasteiger partial charge in [-0.3, -0.25) is 91.3 Å². The molecule has 1 aliphatic heterocycles. The molecule has 0 aliphatic carbocycles. The number of aliphatic hydroxyl groups excluding tert-OH is 5. The smallest absolute Gasteiger partial charge is 0.326 e. The molecule has 36 N–H and O–H groups in total. The Kier molecular flexibility index (Phi) is 48.2. The quantitative estimate of drug-likeness (QED) is 0.00956. The average molecular weight is 2120 g/mol. The van der Waals surface area contributed by atoms with Gasteiger partial charge in [0.25, 0.3) is 0 Å². The van der Waals surface area contributed by atoms with Gasteiger partial charge in [-0.25, -0.2) is 39.7 Å². The third kappa shape index (κ3) is 38.6. The number of H-pyrrole nitrogens is 7. The van der Waals surface area contributed by atoms with Gasteiger partial charge in [-0.05, 0) is 62.4 Å². The highest BCUT2D eigenvalue weighted by molar-refractivity contribution is 7.98. The normalized spacial score (nSPS) is 15.4. The molecule has 18 amide bonds. The van der Waals surface area contributed by atoms with Gasteiger partial charge in [-0.1, -0.05) is 27.7 Å². The molecule has 0 aromatic carbocycles. The Labute approximate surface area is 859 Å². The zero-order valence-electron chi connectivity index (χ0n) is 82.4. The lowest BCUT2D eigenvalue weighted by Gasteiger charge is -2.32. The summed E-state index contributed by atoms with van der Waals surface area (Å²) in [4.78, 5) is 320. The summed E-state index contributed by atoms with van der Waals surface area (Å²) in [5, 5.41) is 102. The first kappa shape index (κ1) is 119. The van der Waals surface area contributed by atoms with Gasteiger partial charge < -0.3 is 178 Å². The highest BCUT2D eigenvalue weighted by atomic mass is 32.2. The fourth-order valence-electron chi connectivity index (χ4n) is 15.2. The molecule has 818 valence electrons. The van der Waals surface area contributed by atoms with Crippen molar-refractivity contribution in [1.29, 1.82) is 0 Å². The molecule has 0 bridgehead atoms. The number of imidazole rings is 7. The van der Waals surface area contributed by atoms with Crippen LogP contribution in [0.3, 0.4) is 0 Å². The minimum Gasteiger partial charge on any atom is -0.480 e. The summed E-state index contributed by atoms with van der Waals surface area (Å²) in [5.41, 5.74) is 18.0. The number of amides is 18. The second-order valence-electron chi connectivity index (χ2n) is 35.4. The third-order valence-corrected chi connectivity index (χ3v) is 23.7. The Balaban J connectivity index is 0.894. The monoisotopic (exact) mass is 2120 g/mol. The van der Waals surface area contributed by atoms with Crippen molar-refractivity contribution in [1.82, 2.24) is 165 Å². The summed E-state index contributed by atoms with van der Waals surface area (Å²) in [6.07, 6.45) is 17.9. The van der Waals surface area contributed by atoms with Gasteiger partial charge >= 0.3 is 5.97 Å². The Morgan fingerprint density at radius 3 is 0.967 bits per heavy atom. The van der Waals surface area contributed by atoms with Crippen LogP contribution in [-0.4, -0.2) is 398 Å². The van der Waals surface area contributed by atoms with Gasteiger partial charge in [0.05, 0.1) is 130 Å². The summed E-state index contributed by atoms with van der Waals surface area (Å²) in [6, 6.07) is -27.2. The van der Waals surface area contributed by atoms with Gasteiger partial charge in [0.15, 0.2) is 5.96 Å². The maximum atomic E-state index is 15.1. The number of guanidine groups is 1. The number of nitrogens with zero attached hydrogens (tertiary/aromatic N) is 9. The first-order valence-corrected chi connectivity index (χ1v) is 48.9. The van der Waals surface area contributed by atoms with Crippen LogP contribution in [0.25, 0.3) is 0 Å². The maximum absolute atomic E-state index is 15.1. The molecular formula is C88H130N36O25S. The molecular weight excluding hydrogens is 1990 g/mol. The lowest BCUT2D eigenvalue weighted by atomic mass is 9.99. The molecule has 0 unspecified atom stereocenters. The SMILES string of the molecule is CSCC[C@H](NC(=O)[C@H](Cc1c[nH]cn1)NC(=O)[C@H](CO)NC(=O)CNC(=O)[C@H](CCCN=C(N)N)NC(=O)[C@@H]1CCCN1C(=O)[C@@H](NC(=O)[C@H](CC(C)C)NC(=O)CNC(=O)[C@H](CO)NC(=O)[C@H](CO)NC(=O)[C@H](Cc1c[nH]cn1)NC(=O)[C@H](Cc1c[nH]cn1)NC(=O)[C@H](Cc1c[nH]cn1)NC(=O)[C@H](Cc1c[nH]cn1)NC(=O)[C@H](Cc1c[nH]cn1)NC(=O)[C@H](Cc1c[nH]cn1)NC(=O)[C@H](CO)NC(=O)[C@@H](N)CO)C(C)C)C(=O)O. The first-order chi connectivity index (χ1) is 71.7. The van der Waals surface area contributed by atoms with E-state index in [1.807, 2.05) is 0 Å². The van der Waals surface area contributed by atoms with Crippen molar-refractivity contribution >= 4 is 130 Å². The number of carboxylic acids is 1. The predicted octanol–water partition coefficient (Wildman–Crippen LogP) is -13.9. The molecule has 7 aromatic rings. The van der Waals surface area contributed by atoms with E-state index in [1.165, 1.54) is 104 Å². The average Bonchev–Trinajstić information content (AvgIpc) is 1.78. The Morgan fingerprint density at radius 2 is 0.673 bits per heavy atom. The van der Waals surface area contributed by atoms with E-state index in [-0.39, 0.29) is 123 Å². The minimum atomic E-state index is -1.98. The summed E-state index contributed by atoms with van der Waals surface area (Å²) >= 11 is 1.34. The molecule has 17 atom stereocenters. The number of aromatic nitrogens is 14. The van der Waals surface area contributed by atoms with Gasteiger partial charge in [0, 0.05) is 101 Å². The summed E-state index contributed by atoms with van der Waals surface area (Å²) in [6.45, 7) is -0.409. The second-order valence-corrected chi connectivity index (χ2v) is 36.4. The summed E-state index contributed by atoms with van der Waals surface area (Å²) < 4.78 is 0. The van der Waals surface area contributed by atoms with E-state index in [4.69, 9.17) is 17.2 Å². The standard InChI is InChI=1S/C88H130N36O25S/c1-43(2)14-55(81(142)123-70(44(3)4)86(147)124-12-7-9-67(124)85(146)111-53(8-6-11-99-88(90)91)72(133)100-30-69(131)110-64(33-127)82(143)118-56(15-45-22-92-36-102-45)74(135)112-54(87(148)149)10-13-150-5)109-68(130)29-101-73(134)63(32-126)121-84(145)66(35-129)122-80(141)62(21-51-28-98-42-108-51)117-78(139)60(19-49-26-96-40-106-49)115-76(137)58(17-47-24-94-38-104-47)113-75(136)57(16-46-23-93-37-103-46)114-77(138)59(18-48-25-95-39-105-48)116-79(140)61(20-50-27-97-41-107-50)119-83(144)65(34-128)120-71(132)52(89)31-125/h22-28,36-44,52-67,70,125-129H,6-21,29-35,89H2,1-5H3,(H,92,102)(H,93,103)(H,94,104)(H,95,105)(H,96,106)(H,97,107)(H,98,108)(H,100,133)(H,101,134)(H,109,130)(H,110,131)(H,111,146)(H,112,135)(H,113,136)(H,114,138)(H,115,137)(H,116,140)(H,117,139)(H,118,143)(H,119,144)(H,120,132)(H,121,145)(H,122,141)(H,123,142)(H,148,149)(H4,90,91,99)/t52-,53-,54-,55-,56-,57-,58-,59-,60-,61-,62-,63-,64-,65-,66-,67-,70-/m0/s1. The van der Waals surface area contributed by atoms with Crippen molar-refractivity contribution in [3.8, 4) is 0 Å². The number of aliphatic hydroxyl groups is 5. The largest absolute Gasteiger partial charge is 0.480 e. The minimum absolute atomic E-state index is 0.0159. The van der Waals surface area contributed by atoms with Crippen LogP contribution in [0.5, 0.6) is 0 Å². The van der Waals surface area contributed by atoms with Gasteiger partial charge in [0.2, 0.25) is 106 Å². The van der Waals surface area contributed by atoms with Crippen molar-refractivity contribution in [3.63, 3.8) is 0 Å². The van der Waals surface area contributed by atoms with Crippen molar-refractivity contribution in [2.45, 2.75) is 214 Å². The van der Waals surface area contributed by atoms with E-state index < -0.39 is 293 Å². The summed E-state index contributed by atoms with van der Waals surface area (Å²) in [5.74, 6) is -20.8. The summed E-state index contributed by atoms with van der Waals surface area (Å²) in [7, 11) is 0. The fourth-order valence-corrected chi connectivity index (χ4v) is 15.6. The van der Waals surface area contributed by atoms with Gasteiger partial charge in [-0.2, -0.15) is 11.8 Å². The molecule has 0 spiro atoms.